The van der Waals surface area contributed by atoms with Gasteiger partial charge in [0.25, 0.3) is 0 Å². The zero-order valence-corrected chi connectivity index (χ0v) is 11.0. The van der Waals surface area contributed by atoms with Crippen molar-refractivity contribution >= 4 is 23.6 Å². The Morgan fingerprint density at radius 2 is 2.41 bits per heavy atom. The fourth-order valence-electron chi connectivity index (χ4n) is 1.72. The predicted octanol–water partition coefficient (Wildman–Crippen LogP) is 0.718. The van der Waals surface area contributed by atoms with Gasteiger partial charge in [0, 0.05) is 13.6 Å². The van der Waals surface area contributed by atoms with Gasteiger partial charge in [0.15, 0.2) is 0 Å². The summed E-state index contributed by atoms with van der Waals surface area (Å²) in [6.07, 6.45) is 1.24. The van der Waals surface area contributed by atoms with E-state index in [0.29, 0.717) is 12.3 Å². The Kier molecular flexibility index (Phi) is 4.82. The molecule has 1 saturated heterocycles. The number of carbonyl (C=O) groups excluding carboxylic acids is 2. The lowest BCUT2D eigenvalue weighted by atomic mass is 10.1. The highest BCUT2D eigenvalue weighted by atomic mass is 32.2. The fourth-order valence-corrected chi connectivity index (χ4v) is 3.00. The number of nitrogens with zero attached hydrogens (tertiary/aromatic N) is 2. The number of nitrogens with one attached hydrogen (secondary N) is 1. The largest absolute Gasteiger partial charge is 0.356 e. The summed E-state index contributed by atoms with van der Waals surface area (Å²) in [5.41, 5.74) is 0. The molecule has 0 aromatic carbocycles. The zero-order chi connectivity index (χ0) is 12.9. The van der Waals surface area contributed by atoms with E-state index in [1.54, 1.807) is 7.05 Å². The van der Waals surface area contributed by atoms with Crippen LogP contribution in [0, 0.1) is 11.3 Å². The monoisotopic (exact) mass is 255 g/mol. The Balaban J connectivity index is 2.70. The van der Waals surface area contributed by atoms with Crippen LogP contribution in [-0.4, -0.2) is 40.9 Å². The maximum Gasteiger partial charge on any atom is 0.233 e. The Hall–Kier alpha value is -1.22. The molecule has 0 aromatic heterocycles. The molecule has 1 fully saturated rings. The summed E-state index contributed by atoms with van der Waals surface area (Å²) < 4.78 is 0. The number of thioether (sulfide) groups is 1. The van der Waals surface area contributed by atoms with Gasteiger partial charge in [-0.3, -0.25) is 9.59 Å². The molecule has 94 valence electrons. The minimum Gasteiger partial charge on any atom is -0.356 e. The van der Waals surface area contributed by atoms with E-state index < -0.39 is 4.87 Å². The third-order valence-electron chi connectivity index (χ3n) is 2.81. The lowest BCUT2D eigenvalue weighted by Gasteiger charge is -2.32. The van der Waals surface area contributed by atoms with Crippen molar-refractivity contribution in [3.05, 3.63) is 0 Å². The molecule has 17 heavy (non-hydrogen) atoms. The Morgan fingerprint density at radius 3 is 2.88 bits per heavy atom. The van der Waals surface area contributed by atoms with Gasteiger partial charge >= 0.3 is 0 Å². The Bertz CT molecular complexity index is 353. The van der Waals surface area contributed by atoms with E-state index in [9.17, 15) is 9.59 Å². The summed E-state index contributed by atoms with van der Waals surface area (Å²) >= 11 is 1.39. The van der Waals surface area contributed by atoms with E-state index in [0.717, 1.165) is 6.42 Å². The fraction of sp³-hybridized carbons (Fsp3) is 0.727. The van der Waals surface area contributed by atoms with Crippen LogP contribution in [0.3, 0.4) is 0 Å². The second-order valence-corrected chi connectivity index (χ2v) is 5.39. The first kappa shape index (κ1) is 13.8. The van der Waals surface area contributed by atoms with Gasteiger partial charge in [0.1, 0.15) is 4.87 Å². The van der Waals surface area contributed by atoms with Crippen LogP contribution in [0.25, 0.3) is 0 Å². The van der Waals surface area contributed by atoms with E-state index >= 15 is 0 Å². The summed E-state index contributed by atoms with van der Waals surface area (Å²) in [6, 6.07) is 2.07. The van der Waals surface area contributed by atoms with Gasteiger partial charge in [-0.2, -0.15) is 5.26 Å². The summed E-state index contributed by atoms with van der Waals surface area (Å²) in [7, 11) is 1.66. The second-order valence-electron chi connectivity index (χ2n) is 4.05. The van der Waals surface area contributed by atoms with Gasteiger partial charge in [-0.05, 0) is 6.42 Å². The topological polar surface area (TPSA) is 73.2 Å². The molecule has 1 atom stereocenters. The first-order valence-electron chi connectivity index (χ1n) is 5.60. The SMILES string of the molecule is CCCNC(=O)CC1(CC#N)SCC(=O)N1C. The van der Waals surface area contributed by atoms with Gasteiger partial charge in [0.05, 0.1) is 24.7 Å². The first-order chi connectivity index (χ1) is 8.05. The third kappa shape index (κ3) is 3.13. The van der Waals surface area contributed by atoms with E-state index in [-0.39, 0.29) is 24.7 Å². The number of amides is 2. The van der Waals surface area contributed by atoms with Gasteiger partial charge in [0.2, 0.25) is 11.8 Å². The maximum atomic E-state index is 11.7. The van der Waals surface area contributed by atoms with Gasteiger partial charge < -0.3 is 10.2 Å². The molecule has 0 bridgehead atoms. The molecule has 1 aliphatic heterocycles. The van der Waals surface area contributed by atoms with Crippen molar-refractivity contribution < 1.29 is 9.59 Å². The van der Waals surface area contributed by atoms with Crippen LogP contribution in [0.4, 0.5) is 0 Å². The van der Waals surface area contributed by atoms with Crippen LogP contribution in [0.2, 0.25) is 0 Å². The average Bonchev–Trinajstić information content (AvgIpc) is 2.56. The van der Waals surface area contributed by atoms with Crippen molar-refractivity contribution in [2.24, 2.45) is 0 Å². The maximum absolute atomic E-state index is 11.7. The van der Waals surface area contributed by atoms with E-state index in [4.69, 9.17) is 5.26 Å². The molecule has 0 radical (unpaired) electrons. The molecular weight excluding hydrogens is 238 g/mol. The van der Waals surface area contributed by atoms with E-state index in [1.165, 1.54) is 16.7 Å². The normalized spacial score (nSPS) is 23.6. The van der Waals surface area contributed by atoms with Crippen molar-refractivity contribution in [1.82, 2.24) is 10.2 Å². The highest BCUT2D eigenvalue weighted by Crippen LogP contribution is 2.40. The van der Waals surface area contributed by atoms with Crippen LogP contribution in [0.1, 0.15) is 26.2 Å². The number of carbonyl (C=O) groups is 2. The van der Waals surface area contributed by atoms with E-state index in [2.05, 4.69) is 11.4 Å². The molecule has 0 aliphatic carbocycles. The number of nitriles is 1. The molecular formula is C11H17N3O2S. The number of rotatable bonds is 5. The van der Waals surface area contributed by atoms with Crippen molar-refractivity contribution in [3.63, 3.8) is 0 Å². The van der Waals surface area contributed by atoms with Crippen LogP contribution < -0.4 is 5.32 Å². The van der Waals surface area contributed by atoms with Crippen molar-refractivity contribution in [2.45, 2.75) is 31.1 Å². The van der Waals surface area contributed by atoms with Crippen LogP contribution in [-0.2, 0) is 9.59 Å². The third-order valence-corrected chi connectivity index (χ3v) is 4.31. The molecule has 6 heteroatoms. The smallest absolute Gasteiger partial charge is 0.233 e. The molecule has 1 rings (SSSR count). The van der Waals surface area contributed by atoms with Crippen molar-refractivity contribution in [3.8, 4) is 6.07 Å². The average molecular weight is 255 g/mol. The van der Waals surface area contributed by atoms with Crippen LogP contribution in [0.5, 0.6) is 0 Å². The lowest BCUT2D eigenvalue weighted by molar-refractivity contribution is -0.130. The molecule has 1 aliphatic rings. The molecule has 2 amide bonds. The zero-order valence-electron chi connectivity index (χ0n) is 10.2. The Labute approximate surface area is 106 Å². The molecule has 5 nitrogen and oxygen atoms in total. The minimum atomic E-state index is -0.677. The number of hydrogen-bond acceptors (Lipinski definition) is 4. The minimum absolute atomic E-state index is 0.0199. The summed E-state index contributed by atoms with van der Waals surface area (Å²) in [5.74, 6) is 0.226. The molecule has 1 heterocycles. The Morgan fingerprint density at radius 1 is 1.71 bits per heavy atom. The summed E-state index contributed by atoms with van der Waals surface area (Å²) in [6.45, 7) is 2.61. The molecule has 0 saturated carbocycles. The summed E-state index contributed by atoms with van der Waals surface area (Å²) in [4.78, 5) is 24.1. The van der Waals surface area contributed by atoms with Gasteiger partial charge in [-0.15, -0.1) is 11.8 Å². The summed E-state index contributed by atoms with van der Waals surface area (Å²) in [5, 5.41) is 11.6. The molecule has 0 aromatic rings. The molecule has 1 N–H and O–H groups in total. The van der Waals surface area contributed by atoms with Crippen molar-refractivity contribution in [1.29, 1.82) is 5.26 Å². The first-order valence-corrected chi connectivity index (χ1v) is 6.58. The van der Waals surface area contributed by atoms with Crippen LogP contribution >= 0.6 is 11.8 Å². The van der Waals surface area contributed by atoms with Gasteiger partial charge in [-0.25, -0.2) is 0 Å². The lowest BCUT2D eigenvalue weighted by Crippen LogP contribution is -2.45. The van der Waals surface area contributed by atoms with Gasteiger partial charge in [-0.1, -0.05) is 6.92 Å². The highest BCUT2D eigenvalue weighted by molar-refractivity contribution is 8.01. The van der Waals surface area contributed by atoms with Crippen molar-refractivity contribution in [2.75, 3.05) is 19.3 Å². The quantitative estimate of drug-likeness (QED) is 0.785. The standard InChI is InChI=1S/C11H17N3O2S/c1-3-6-13-9(15)7-11(4-5-12)14(2)10(16)8-17-11/h3-4,6-8H2,1-2H3,(H,13,15). The highest BCUT2D eigenvalue weighted by Gasteiger charge is 2.45. The second kappa shape index (κ2) is 5.92. The molecule has 1 unspecified atom stereocenters. The van der Waals surface area contributed by atoms with Crippen LogP contribution in [0.15, 0.2) is 0 Å². The molecule has 0 spiro atoms. The predicted molar refractivity (Wildman–Crippen MR) is 66.1 cm³/mol. The van der Waals surface area contributed by atoms with E-state index in [1.807, 2.05) is 6.92 Å². The number of hydrogen-bond donors (Lipinski definition) is 1.